The third kappa shape index (κ3) is 4.06. The molecule has 2 aliphatic rings. The molecule has 2 aromatic rings. The minimum absolute atomic E-state index is 0.0879. The zero-order valence-corrected chi connectivity index (χ0v) is 16.3. The second-order valence-corrected chi connectivity index (χ2v) is 7.50. The first-order valence-electron chi connectivity index (χ1n) is 10.0. The number of rotatable bonds is 5. The Bertz CT molecular complexity index is 816. The number of carbonyl (C=O) groups is 1. The molecule has 0 radical (unpaired) electrons. The molecule has 1 atom stereocenters. The second-order valence-electron chi connectivity index (χ2n) is 7.50. The summed E-state index contributed by atoms with van der Waals surface area (Å²) in [6.07, 6.45) is 6.02. The normalized spacial score (nSPS) is 18.8. The number of methoxy groups -OCH3 is 1. The van der Waals surface area contributed by atoms with Gasteiger partial charge >= 0.3 is 0 Å². The van der Waals surface area contributed by atoms with Crippen LogP contribution in [0.4, 0.5) is 5.82 Å². The number of aromatic nitrogens is 1. The number of hydrogen-bond donors (Lipinski definition) is 1. The summed E-state index contributed by atoms with van der Waals surface area (Å²) in [4.78, 5) is 18.9. The molecule has 0 spiro atoms. The lowest BCUT2D eigenvalue weighted by Gasteiger charge is -2.27. The lowest BCUT2D eigenvalue weighted by Crippen LogP contribution is -2.35. The molecule has 1 N–H and O–H groups in total. The number of pyridine rings is 1. The smallest absolute Gasteiger partial charge is 0.255 e. The van der Waals surface area contributed by atoms with E-state index in [1.165, 1.54) is 12.0 Å². The topological polar surface area (TPSA) is 63.7 Å². The van der Waals surface area contributed by atoms with E-state index in [0.717, 1.165) is 56.2 Å². The van der Waals surface area contributed by atoms with Crippen molar-refractivity contribution in [3.05, 3.63) is 47.7 Å². The first-order valence-corrected chi connectivity index (χ1v) is 10.0. The number of likely N-dealkylation sites (tertiary alicyclic amines) is 1. The zero-order valence-electron chi connectivity index (χ0n) is 16.3. The van der Waals surface area contributed by atoms with Gasteiger partial charge in [-0.3, -0.25) is 4.79 Å². The van der Waals surface area contributed by atoms with Gasteiger partial charge in [-0.25, -0.2) is 4.98 Å². The van der Waals surface area contributed by atoms with E-state index in [9.17, 15) is 4.79 Å². The van der Waals surface area contributed by atoms with Gasteiger partial charge in [0.2, 0.25) is 0 Å². The molecule has 148 valence electrons. The van der Waals surface area contributed by atoms with E-state index in [1.54, 1.807) is 13.3 Å². The number of fused-ring (bicyclic) bond motifs is 1. The number of carbonyl (C=O) groups excluding carboxylic acids is 1. The van der Waals surface area contributed by atoms with E-state index in [-0.39, 0.29) is 5.91 Å². The number of piperidine rings is 1. The molecule has 1 amide bonds. The lowest BCUT2D eigenvalue weighted by molar-refractivity contribution is 0.0724. The fraction of sp³-hybridized carbons (Fsp3) is 0.455. The fourth-order valence-corrected chi connectivity index (χ4v) is 3.90. The fourth-order valence-electron chi connectivity index (χ4n) is 3.90. The molecule has 2 aliphatic heterocycles. The van der Waals surface area contributed by atoms with Crippen LogP contribution in [0.2, 0.25) is 0 Å². The summed E-state index contributed by atoms with van der Waals surface area (Å²) in [5, 5.41) is 3.37. The third-order valence-corrected chi connectivity index (χ3v) is 5.48. The van der Waals surface area contributed by atoms with Crippen molar-refractivity contribution in [2.45, 2.75) is 25.7 Å². The van der Waals surface area contributed by atoms with Gasteiger partial charge in [0.1, 0.15) is 5.82 Å². The van der Waals surface area contributed by atoms with Gasteiger partial charge in [-0.1, -0.05) is 12.1 Å². The molecule has 0 aliphatic carbocycles. The Morgan fingerprint density at radius 1 is 1.25 bits per heavy atom. The molecule has 0 unspecified atom stereocenters. The molecule has 28 heavy (non-hydrogen) atoms. The number of anilines is 1. The number of para-hydroxylation sites is 1. The average molecular weight is 381 g/mol. The standard InChI is InChI=1S/C22H27N3O3/c1-27-19-7-5-6-17-12-16(15-28-21(17)19)13-23-20-9-8-18(14-24-20)22(26)25-10-3-2-4-11-25/h5-9,14,16H,2-4,10-13,15H2,1H3,(H,23,24)/t16-/m0/s1. The summed E-state index contributed by atoms with van der Waals surface area (Å²) in [7, 11) is 1.66. The van der Waals surface area contributed by atoms with Crippen molar-refractivity contribution >= 4 is 11.7 Å². The Balaban J connectivity index is 1.32. The van der Waals surface area contributed by atoms with Crippen LogP contribution in [0.5, 0.6) is 11.5 Å². The van der Waals surface area contributed by atoms with Crippen molar-refractivity contribution in [1.29, 1.82) is 0 Å². The Morgan fingerprint density at radius 3 is 2.86 bits per heavy atom. The van der Waals surface area contributed by atoms with Crippen LogP contribution in [-0.4, -0.2) is 49.1 Å². The molecule has 1 aromatic heterocycles. The third-order valence-electron chi connectivity index (χ3n) is 5.48. The molecule has 0 saturated carbocycles. The van der Waals surface area contributed by atoms with Gasteiger partial charge in [0, 0.05) is 31.7 Å². The molecule has 6 heteroatoms. The second kappa shape index (κ2) is 8.50. The van der Waals surface area contributed by atoms with E-state index in [4.69, 9.17) is 9.47 Å². The summed E-state index contributed by atoms with van der Waals surface area (Å²) in [6, 6.07) is 9.76. The van der Waals surface area contributed by atoms with E-state index in [2.05, 4.69) is 16.4 Å². The lowest BCUT2D eigenvalue weighted by atomic mass is 9.96. The molecule has 1 saturated heterocycles. The van der Waals surface area contributed by atoms with Gasteiger partial charge in [-0.15, -0.1) is 0 Å². The highest BCUT2D eigenvalue weighted by molar-refractivity contribution is 5.94. The summed E-state index contributed by atoms with van der Waals surface area (Å²) < 4.78 is 11.3. The van der Waals surface area contributed by atoms with Crippen LogP contribution in [0.3, 0.4) is 0 Å². The number of nitrogens with one attached hydrogen (secondary N) is 1. The number of ether oxygens (including phenoxy) is 2. The number of hydrogen-bond acceptors (Lipinski definition) is 5. The van der Waals surface area contributed by atoms with Crippen LogP contribution >= 0.6 is 0 Å². The minimum Gasteiger partial charge on any atom is -0.493 e. The number of amides is 1. The van der Waals surface area contributed by atoms with Crippen molar-refractivity contribution in [2.24, 2.45) is 5.92 Å². The number of nitrogens with zero attached hydrogens (tertiary/aromatic N) is 2. The first-order chi connectivity index (χ1) is 13.7. The van der Waals surface area contributed by atoms with Crippen LogP contribution in [0, 0.1) is 5.92 Å². The summed E-state index contributed by atoms with van der Waals surface area (Å²) >= 11 is 0. The molecular formula is C22H27N3O3. The van der Waals surface area contributed by atoms with Crippen LogP contribution < -0.4 is 14.8 Å². The quantitative estimate of drug-likeness (QED) is 0.860. The Labute approximate surface area is 165 Å². The van der Waals surface area contributed by atoms with E-state index in [1.807, 2.05) is 29.2 Å². The SMILES string of the molecule is COc1cccc2c1OC[C@H](CNc1ccc(C(=O)N3CCCCC3)cn1)C2. The van der Waals surface area contributed by atoms with Crippen molar-refractivity contribution in [1.82, 2.24) is 9.88 Å². The van der Waals surface area contributed by atoms with Gasteiger partial charge in [0.25, 0.3) is 5.91 Å². The van der Waals surface area contributed by atoms with Gasteiger partial charge in [-0.05, 0) is 49.4 Å². The van der Waals surface area contributed by atoms with Crippen LogP contribution in [0.25, 0.3) is 0 Å². The maximum absolute atomic E-state index is 12.5. The zero-order chi connectivity index (χ0) is 19.3. The predicted molar refractivity (Wildman–Crippen MR) is 108 cm³/mol. The van der Waals surface area contributed by atoms with Gasteiger partial charge in [-0.2, -0.15) is 0 Å². The molecular weight excluding hydrogens is 354 g/mol. The van der Waals surface area contributed by atoms with Gasteiger partial charge in [0.05, 0.1) is 19.3 Å². The highest BCUT2D eigenvalue weighted by Crippen LogP contribution is 2.36. The van der Waals surface area contributed by atoms with Crippen molar-refractivity contribution < 1.29 is 14.3 Å². The average Bonchev–Trinajstić information content (AvgIpc) is 2.77. The molecule has 1 aromatic carbocycles. The summed E-state index contributed by atoms with van der Waals surface area (Å²) in [6.45, 7) is 3.12. The van der Waals surface area contributed by atoms with E-state index >= 15 is 0 Å². The molecule has 0 bridgehead atoms. The highest BCUT2D eigenvalue weighted by Gasteiger charge is 2.23. The monoisotopic (exact) mass is 381 g/mol. The first kappa shape index (κ1) is 18.6. The maximum atomic E-state index is 12.5. The van der Waals surface area contributed by atoms with Crippen LogP contribution in [-0.2, 0) is 6.42 Å². The molecule has 3 heterocycles. The van der Waals surface area contributed by atoms with E-state index in [0.29, 0.717) is 18.1 Å². The molecule has 1 fully saturated rings. The van der Waals surface area contributed by atoms with Gasteiger partial charge < -0.3 is 19.7 Å². The van der Waals surface area contributed by atoms with Crippen LogP contribution in [0.1, 0.15) is 35.2 Å². The Hall–Kier alpha value is -2.76. The summed E-state index contributed by atoms with van der Waals surface area (Å²) in [5.74, 6) is 2.88. The van der Waals surface area contributed by atoms with Crippen molar-refractivity contribution in [2.75, 3.05) is 38.7 Å². The molecule has 4 rings (SSSR count). The van der Waals surface area contributed by atoms with Crippen molar-refractivity contribution in [3.63, 3.8) is 0 Å². The summed E-state index contributed by atoms with van der Waals surface area (Å²) in [5.41, 5.74) is 1.84. The Morgan fingerprint density at radius 2 is 2.11 bits per heavy atom. The minimum atomic E-state index is 0.0879. The maximum Gasteiger partial charge on any atom is 0.255 e. The van der Waals surface area contributed by atoms with Gasteiger partial charge in [0.15, 0.2) is 11.5 Å². The van der Waals surface area contributed by atoms with Crippen molar-refractivity contribution in [3.8, 4) is 11.5 Å². The highest BCUT2D eigenvalue weighted by atomic mass is 16.5. The van der Waals surface area contributed by atoms with Crippen LogP contribution in [0.15, 0.2) is 36.5 Å². The molecule has 6 nitrogen and oxygen atoms in total. The van der Waals surface area contributed by atoms with E-state index < -0.39 is 0 Å². The number of benzene rings is 1. The Kier molecular flexibility index (Phi) is 5.65. The predicted octanol–water partition coefficient (Wildman–Crippen LogP) is 3.38. The largest absolute Gasteiger partial charge is 0.493 e.